The maximum atomic E-state index is 10.8. The zero-order chi connectivity index (χ0) is 21.3. The van der Waals surface area contributed by atoms with E-state index in [-0.39, 0.29) is 13.1 Å². The Balaban J connectivity index is 0.000000941. The van der Waals surface area contributed by atoms with Crippen molar-refractivity contribution in [3.05, 3.63) is 23.8 Å². The van der Waals surface area contributed by atoms with Crippen molar-refractivity contribution < 1.29 is 34.0 Å². The number of piperidine rings is 1. The molecule has 0 unspecified atom stereocenters. The molecule has 2 atom stereocenters. The summed E-state index contributed by atoms with van der Waals surface area (Å²) >= 11 is 0. The number of ether oxygens (including phenoxy) is 3. The SMILES string of the molecule is COc1ccc(CN2CCC[C@]3(CCC[C@H]3OC)C2)cc1OCC(=O)O.O=CO. The van der Waals surface area contributed by atoms with Crippen molar-refractivity contribution in [2.24, 2.45) is 5.41 Å². The number of hydrogen-bond acceptors (Lipinski definition) is 6. The van der Waals surface area contributed by atoms with E-state index < -0.39 is 5.97 Å². The minimum atomic E-state index is -0.998. The molecule has 2 aliphatic rings. The molecule has 1 heterocycles. The smallest absolute Gasteiger partial charge is 0.341 e. The van der Waals surface area contributed by atoms with Gasteiger partial charge in [-0.2, -0.15) is 0 Å². The van der Waals surface area contributed by atoms with Crippen molar-refractivity contribution in [3.8, 4) is 11.5 Å². The Morgan fingerprint density at radius 2 is 2.00 bits per heavy atom. The van der Waals surface area contributed by atoms with Gasteiger partial charge in [0.1, 0.15) is 0 Å². The summed E-state index contributed by atoms with van der Waals surface area (Å²) < 4.78 is 16.5. The van der Waals surface area contributed by atoms with E-state index in [4.69, 9.17) is 29.2 Å². The standard InChI is InChI=1S/C20H29NO5.CH2O2/c1-24-16-7-6-15(11-17(16)26-13-19(22)23)12-21-10-4-9-20(14-21)8-3-5-18(20)25-2;2-1-3/h6-7,11,18H,3-5,8-10,12-14H2,1-2H3,(H,22,23);1H,(H,2,3)/t18-,20-;/m1./s1. The van der Waals surface area contributed by atoms with Crippen LogP contribution in [-0.4, -0.2) is 67.6 Å². The molecule has 3 rings (SSSR count). The Morgan fingerprint density at radius 3 is 2.66 bits per heavy atom. The summed E-state index contributed by atoms with van der Waals surface area (Å²) in [6.07, 6.45) is 6.48. The van der Waals surface area contributed by atoms with Crippen LogP contribution in [0.4, 0.5) is 0 Å². The van der Waals surface area contributed by atoms with Crippen LogP contribution in [0.2, 0.25) is 0 Å². The number of hydrogen-bond donors (Lipinski definition) is 2. The normalized spacial score (nSPS) is 23.9. The molecule has 2 N–H and O–H groups in total. The summed E-state index contributed by atoms with van der Waals surface area (Å²) in [7, 11) is 3.40. The number of carboxylic acids is 1. The number of nitrogens with zero attached hydrogens (tertiary/aromatic N) is 1. The number of carbonyl (C=O) groups is 2. The summed E-state index contributed by atoms with van der Waals surface area (Å²) in [6, 6.07) is 5.77. The van der Waals surface area contributed by atoms with Gasteiger partial charge < -0.3 is 24.4 Å². The fourth-order valence-corrected chi connectivity index (χ4v) is 4.66. The topological polar surface area (TPSA) is 106 Å². The highest BCUT2D eigenvalue weighted by molar-refractivity contribution is 5.68. The Morgan fingerprint density at radius 1 is 1.28 bits per heavy atom. The first-order valence-electron chi connectivity index (χ1n) is 9.82. The van der Waals surface area contributed by atoms with E-state index in [1.165, 1.54) is 32.1 Å². The second-order valence-corrected chi connectivity index (χ2v) is 7.57. The second-order valence-electron chi connectivity index (χ2n) is 7.57. The summed E-state index contributed by atoms with van der Waals surface area (Å²) in [5.74, 6) is 0.0392. The highest BCUT2D eigenvalue weighted by Gasteiger charge is 2.45. The first kappa shape index (κ1) is 23.0. The number of rotatable bonds is 7. The van der Waals surface area contributed by atoms with E-state index in [1.807, 2.05) is 25.3 Å². The highest BCUT2D eigenvalue weighted by atomic mass is 16.5. The number of methoxy groups -OCH3 is 2. The van der Waals surface area contributed by atoms with Crippen molar-refractivity contribution in [2.45, 2.75) is 44.8 Å². The average Bonchev–Trinajstić information content (AvgIpc) is 3.08. The molecule has 1 aromatic carbocycles. The Hall–Kier alpha value is -2.32. The Bertz CT molecular complexity index is 681. The van der Waals surface area contributed by atoms with Crippen LogP contribution in [0.3, 0.4) is 0 Å². The monoisotopic (exact) mass is 409 g/mol. The molecule has 8 nitrogen and oxygen atoms in total. The van der Waals surface area contributed by atoms with Gasteiger partial charge in [-0.3, -0.25) is 9.69 Å². The third-order valence-electron chi connectivity index (χ3n) is 5.78. The lowest BCUT2D eigenvalue weighted by molar-refractivity contribution is -0.139. The van der Waals surface area contributed by atoms with Gasteiger partial charge in [-0.15, -0.1) is 0 Å². The first-order chi connectivity index (χ1) is 14.0. The number of aliphatic carboxylic acids is 1. The fraction of sp³-hybridized carbons (Fsp3) is 0.619. The van der Waals surface area contributed by atoms with E-state index in [2.05, 4.69) is 4.90 Å². The predicted octanol–water partition coefficient (Wildman–Crippen LogP) is 2.64. The van der Waals surface area contributed by atoms with Crippen molar-refractivity contribution >= 4 is 12.4 Å². The van der Waals surface area contributed by atoms with Gasteiger partial charge in [-0.1, -0.05) is 12.5 Å². The molecule has 0 amide bonds. The zero-order valence-electron chi connectivity index (χ0n) is 17.1. The molecule has 1 spiro atoms. The van der Waals surface area contributed by atoms with Gasteiger partial charge in [0.05, 0.1) is 13.2 Å². The van der Waals surface area contributed by atoms with Gasteiger partial charge in [0, 0.05) is 25.6 Å². The van der Waals surface area contributed by atoms with Crippen LogP contribution in [0, 0.1) is 5.41 Å². The largest absolute Gasteiger partial charge is 0.493 e. The molecule has 1 aromatic rings. The second kappa shape index (κ2) is 11.0. The minimum absolute atomic E-state index is 0.250. The van der Waals surface area contributed by atoms with E-state index in [1.54, 1.807) is 7.11 Å². The van der Waals surface area contributed by atoms with Crippen LogP contribution in [0.5, 0.6) is 11.5 Å². The van der Waals surface area contributed by atoms with Gasteiger partial charge in [-0.05, 0) is 49.9 Å². The van der Waals surface area contributed by atoms with E-state index in [9.17, 15) is 4.79 Å². The molecule has 1 saturated carbocycles. The third-order valence-corrected chi connectivity index (χ3v) is 5.78. The molecule has 1 aliphatic carbocycles. The number of benzene rings is 1. The predicted molar refractivity (Wildman–Crippen MR) is 106 cm³/mol. The van der Waals surface area contributed by atoms with E-state index >= 15 is 0 Å². The number of carboxylic acid groups (broad SMARTS) is 2. The van der Waals surface area contributed by atoms with Crippen LogP contribution >= 0.6 is 0 Å². The van der Waals surface area contributed by atoms with Gasteiger partial charge in [0.25, 0.3) is 6.47 Å². The van der Waals surface area contributed by atoms with Crippen molar-refractivity contribution in [3.63, 3.8) is 0 Å². The molecule has 0 radical (unpaired) electrons. The molecule has 2 fully saturated rings. The zero-order valence-corrected chi connectivity index (χ0v) is 17.1. The lowest BCUT2D eigenvalue weighted by Crippen LogP contribution is -2.47. The quantitative estimate of drug-likeness (QED) is 0.662. The maximum Gasteiger partial charge on any atom is 0.341 e. The van der Waals surface area contributed by atoms with Crippen LogP contribution < -0.4 is 9.47 Å². The highest BCUT2D eigenvalue weighted by Crippen LogP contribution is 2.46. The van der Waals surface area contributed by atoms with E-state index in [0.29, 0.717) is 23.0 Å². The van der Waals surface area contributed by atoms with Gasteiger partial charge in [0.2, 0.25) is 0 Å². The molecule has 1 saturated heterocycles. The molecule has 0 aromatic heterocycles. The average molecular weight is 409 g/mol. The summed E-state index contributed by atoms with van der Waals surface area (Å²) in [6.45, 7) is 2.34. The molecule has 8 heteroatoms. The van der Waals surface area contributed by atoms with Crippen LogP contribution in [0.15, 0.2) is 18.2 Å². The minimum Gasteiger partial charge on any atom is -0.493 e. The first-order valence-corrected chi connectivity index (χ1v) is 9.82. The summed E-state index contributed by atoms with van der Waals surface area (Å²) in [4.78, 5) is 21.6. The molecular formula is C21H31NO7. The lowest BCUT2D eigenvalue weighted by Gasteiger charge is -2.43. The molecule has 29 heavy (non-hydrogen) atoms. The fourth-order valence-electron chi connectivity index (χ4n) is 4.66. The molecule has 0 bridgehead atoms. The Labute approximate surface area is 171 Å². The molecule has 162 valence electrons. The third kappa shape index (κ3) is 6.08. The van der Waals surface area contributed by atoms with Gasteiger partial charge in [0.15, 0.2) is 18.1 Å². The number of likely N-dealkylation sites (tertiary alicyclic amines) is 1. The van der Waals surface area contributed by atoms with Crippen molar-refractivity contribution in [1.29, 1.82) is 0 Å². The maximum absolute atomic E-state index is 10.8. The van der Waals surface area contributed by atoms with Crippen molar-refractivity contribution in [1.82, 2.24) is 4.90 Å². The lowest BCUT2D eigenvalue weighted by atomic mass is 9.76. The van der Waals surface area contributed by atoms with Crippen LogP contribution in [0.1, 0.15) is 37.7 Å². The van der Waals surface area contributed by atoms with Crippen LogP contribution in [0.25, 0.3) is 0 Å². The Kier molecular flexibility index (Phi) is 8.72. The van der Waals surface area contributed by atoms with Crippen LogP contribution in [-0.2, 0) is 20.9 Å². The summed E-state index contributed by atoms with van der Waals surface area (Å²) in [5, 5.41) is 15.7. The van der Waals surface area contributed by atoms with Gasteiger partial charge >= 0.3 is 5.97 Å². The van der Waals surface area contributed by atoms with E-state index in [0.717, 1.165) is 25.2 Å². The van der Waals surface area contributed by atoms with Crippen molar-refractivity contribution in [2.75, 3.05) is 33.9 Å². The van der Waals surface area contributed by atoms with Gasteiger partial charge in [-0.25, -0.2) is 4.79 Å². The summed E-state index contributed by atoms with van der Waals surface area (Å²) in [5.41, 5.74) is 1.40. The molecule has 1 aliphatic heterocycles. The molecular weight excluding hydrogens is 378 g/mol.